The number of aromatic nitrogens is 5. The van der Waals surface area contributed by atoms with E-state index in [0.717, 1.165) is 5.56 Å². The van der Waals surface area contributed by atoms with Crippen molar-refractivity contribution in [3.8, 4) is 11.4 Å². The molecule has 3 aromatic rings. The smallest absolute Gasteiger partial charge is 0.298 e. The molecule has 1 aromatic carbocycles. The lowest BCUT2D eigenvalue weighted by molar-refractivity contribution is -0.385. The van der Waals surface area contributed by atoms with Crippen molar-refractivity contribution in [3.05, 3.63) is 65.5 Å². The van der Waals surface area contributed by atoms with E-state index in [1.807, 2.05) is 34.9 Å². The maximum atomic E-state index is 10.7. The molecular formula is C15H12N6O2S. The van der Waals surface area contributed by atoms with Gasteiger partial charge >= 0.3 is 5.69 Å². The van der Waals surface area contributed by atoms with Crippen LogP contribution in [-0.2, 0) is 6.54 Å². The number of rotatable bonds is 6. The van der Waals surface area contributed by atoms with Crippen LogP contribution < -0.4 is 0 Å². The van der Waals surface area contributed by atoms with Crippen molar-refractivity contribution in [2.45, 2.75) is 16.9 Å². The molecule has 120 valence electrons. The molecule has 3 rings (SSSR count). The first-order valence-corrected chi connectivity index (χ1v) is 7.74. The number of hydrogen-bond donors (Lipinski definition) is 0. The van der Waals surface area contributed by atoms with E-state index < -0.39 is 4.92 Å². The van der Waals surface area contributed by atoms with Crippen LogP contribution in [-0.4, -0.2) is 29.7 Å². The van der Waals surface area contributed by atoms with Gasteiger partial charge < -0.3 is 0 Å². The van der Waals surface area contributed by atoms with Crippen LogP contribution in [0.3, 0.4) is 0 Å². The van der Waals surface area contributed by atoms with Crippen molar-refractivity contribution < 1.29 is 4.92 Å². The monoisotopic (exact) mass is 340 g/mol. The Hall–Kier alpha value is -3.07. The molecule has 0 bridgehead atoms. The van der Waals surface area contributed by atoms with Gasteiger partial charge in [-0.1, -0.05) is 36.4 Å². The summed E-state index contributed by atoms with van der Waals surface area (Å²) in [4.78, 5) is 18.1. The van der Waals surface area contributed by atoms with Crippen LogP contribution in [0.4, 0.5) is 5.69 Å². The van der Waals surface area contributed by atoms with Crippen molar-refractivity contribution in [2.24, 2.45) is 0 Å². The lowest BCUT2D eigenvalue weighted by atomic mass is 10.2. The second-order valence-corrected chi connectivity index (χ2v) is 5.59. The normalized spacial score (nSPS) is 10.5. The predicted octanol–water partition coefficient (Wildman–Crippen LogP) is 2.98. The molecule has 0 saturated heterocycles. The SMILES string of the molecule is C=CCn1c(Sc2ncc([N+](=O)[O-])cn2)nnc1-c1ccccc1. The average molecular weight is 340 g/mol. The standard InChI is InChI=1S/C15H12N6O2S/c1-2-8-20-13(11-6-4-3-5-7-11)18-19-15(20)24-14-16-9-12(10-17-14)21(22)23/h2-7,9-10H,1,8H2. The first-order valence-electron chi connectivity index (χ1n) is 6.93. The van der Waals surface area contributed by atoms with E-state index >= 15 is 0 Å². The minimum atomic E-state index is -0.540. The van der Waals surface area contributed by atoms with Gasteiger partial charge in [-0.2, -0.15) is 0 Å². The molecule has 0 aliphatic rings. The summed E-state index contributed by atoms with van der Waals surface area (Å²) in [6, 6.07) is 9.67. The van der Waals surface area contributed by atoms with Crippen LogP contribution in [0.2, 0.25) is 0 Å². The molecule has 9 heteroatoms. The van der Waals surface area contributed by atoms with Gasteiger partial charge in [0.15, 0.2) is 16.1 Å². The molecule has 0 saturated carbocycles. The Morgan fingerprint density at radius 1 is 1.21 bits per heavy atom. The molecular weight excluding hydrogens is 328 g/mol. The minimum Gasteiger partial charge on any atom is -0.298 e. The van der Waals surface area contributed by atoms with Gasteiger partial charge in [0.25, 0.3) is 0 Å². The maximum Gasteiger partial charge on any atom is 0.305 e. The Morgan fingerprint density at radius 3 is 2.54 bits per heavy atom. The highest BCUT2D eigenvalue weighted by Crippen LogP contribution is 2.27. The lowest BCUT2D eigenvalue weighted by Crippen LogP contribution is -2.01. The molecule has 0 spiro atoms. The van der Waals surface area contributed by atoms with Crippen LogP contribution in [0.25, 0.3) is 11.4 Å². The molecule has 0 amide bonds. The third-order valence-corrected chi connectivity index (χ3v) is 3.95. The molecule has 0 N–H and O–H groups in total. The first kappa shape index (κ1) is 15.8. The zero-order valence-corrected chi connectivity index (χ0v) is 13.3. The summed E-state index contributed by atoms with van der Waals surface area (Å²) in [7, 11) is 0. The third-order valence-electron chi connectivity index (χ3n) is 3.07. The topological polar surface area (TPSA) is 99.6 Å². The molecule has 0 aliphatic heterocycles. The molecule has 8 nitrogen and oxygen atoms in total. The highest BCUT2D eigenvalue weighted by atomic mass is 32.2. The maximum absolute atomic E-state index is 10.7. The molecule has 0 radical (unpaired) electrons. The molecule has 0 aliphatic carbocycles. The van der Waals surface area contributed by atoms with Gasteiger partial charge in [0, 0.05) is 12.1 Å². The largest absolute Gasteiger partial charge is 0.305 e. The van der Waals surface area contributed by atoms with Gasteiger partial charge in [0.2, 0.25) is 0 Å². The highest BCUT2D eigenvalue weighted by molar-refractivity contribution is 7.99. The van der Waals surface area contributed by atoms with Crippen LogP contribution in [0.5, 0.6) is 0 Å². The summed E-state index contributed by atoms with van der Waals surface area (Å²) in [5.41, 5.74) is 0.778. The van der Waals surface area contributed by atoms with E-state index in [-0.39, 0.29) is 5.69 Å². The Kier molecular flexibility index (Phi) is 4.62. The second kappa shape index (κ2) is 7.01. The fraction of sp³-hybridized carbons (Fsp3) is 0.0667. The average Bonchev–Trinajstić information content (AvgIpc) is 2.99. The zero-order chi connectivity index (χ0) is 16.9. The predicted molar refractivity (Wildman–Crippen MR) is 88.5 cm³/mol. The minimum absolute atomic E-state index is 0.156. The van der Waals surface area contributed by atoms with Gasteiger partial charge in [-0.05, 0) is 11.8 Å². The van der Waals surface area contributed by atoms with Crippen LogP contribution >= 0.6 is 11.8 Å². The summed E-state index contributed by atoms with van der Waals surface area (Å²) in [5.74, 6) is 0.708. The van der Waals surface area contributed by atoms with Gasteiger partial charge in [-0.15, -0.1) is 16.8 Å². The molecule has 24 heavy (non-hydrogen) atoms. The van der Waals surface area contributed by atoms with Crippen molar-refractivity contribution in [1.29, 1.82) is 0 Å². The molecule has 2 aromatic heterocycles. The van der Waals surface area contributed by atoms with E-state index in [0.29, 0.717) is 22.7 Å². The molecule has 0 unspecified atom stereocenters. The van der Waals surface area contributed by atoms with E-state index in [9.17, 15) is 10.1 Å². The fourth-order valence-corrected chi connectivity index (χ4v) is 2.72. The zero-order valence-electron chi connectivity index (χ0n) is 12.4. The number of allylic oxidation sites excluding steroid dienone is 1. The van der Waals surface area contributed by atoms with E-state index in [1.165, 1.54) is 24.2 Å². The Balaban J connectivity index is 1.92. The second-order valence-electron chi connectivity index (χ2n) is 4.65. The summed E-state index contributed by atoms with van der Waals surface area (Å²) >= 11 is 1.19. The Labute approximate surface area is 141 Å². The number of benzene rings is 1. The van der Waals surface area contributed by atoms with E-state index in [4.69, 9.17) is 0 Å². The third kappa shape index (κ3) is 3.30. The van der Waals surface area contributed by atoms with Crippen LogP contribution in [0.15, 0.2) is 65.7 Å². The fourth-order valence-electron chi connectivity index (χ4n) is 2.00. The Bertz CT molecular complexity index is 863. The lowest BCUT2D eigenvalue weighted by Gasteiger charge is -2.06. The first-order chi connectivity index (χ1) is 11.7. The number of nitro groups is 1. The van der Waals surface area contributed by atoms with Gasteiger partial charge in [0.1, 0.15) is 12.4 Å². The van der Waals surface area contributed by atoms with Crippen LogP contribution in [0.1, 0.15) is 0 Å². The van der Waals surface area contributed by atoms with Crippen molar-refractivity contribution in [2.75, 3.05) is 0 Å². The summed E-state index contributed by atoms with van der Waals surface area (Å²) in [5, 5.41) is 20.0. The number of hydrogen-bond acceptors (Lipinski definition) is 7. The molecule has 2 heterocycles. The van der Waals surface area contributed by atoms with Crippen LogP contribution in [0, 0.1) is 10.1 Å². The quantitative estimate of drug-likeness (QED) is 0.294. The van der Waals surface area contributed by atoms with Crippen molar-refractivity contribution in [1.82, 2.24) is 24.7 Å². The van der Waals surface area contributed by atoms with Crippen molar-refractivity contribution in [3.63, 3.8) is 0 Å². The van der Waals surface area contributed by atoms with Gasteiger partial charge in [-0.25, -0.2) is 9.97 Å². The van der Waals surface area contributed by atoms with Gasteiger partial charge in [-0.3, -0.25) is 14.7 Å². The summed E-state index contributed by atoms with van der Waals surface area (Å²) < 4.78 is 1.89. The highest BCUT2D eigenvalue weighted by Gasteiger charge is 2.16. The van der Waals surface area contributed by atoms with Gasteiger partial charge in [0.05, 0.1) is 4.92 Å². The summed E-state index contributed by atoms with van der Waals surface area (Å²) in [6.45, 7) is 4.28. The van der Waals surface area contributed by atoms with E-state index in [2.05, 4.69) is 26.7 Å². The molecule has 0 atom stereocenters. The number of nitrogens with zero attached hydrogens (tertiary/aromatic N) is 6. The Morgan fingerprint density at radius 2 is 1.92 bits per heavy atom. The molecule has 0 fully saturated rings. The summed E-state index contributed by atoms with van der Waals surface area (Å²) in [6.07, 6.45) is 4.08. The van der Waals surface area contributed by atoms with Crippen molar-refractivity contribution >= 4 is 17.4 Å². The van der Waals surface area contributed by atoms with E-state index in [1.54, 1.807) is 6.08 Å².